The fourth-order valence-corrected chi connectivity index (χ4v) is 2.76. The summed E-state index contributed by atoms with van der Waals surface area (Å²) in [5.74, 6) is -1.86. The lowest BCUT2D eigenvalue weighted by Crippen LogP contribution is -2.10. The third-order valence-corrected chi connectivity index (χ3v) is 4.22. The normalized spacial score (nSPS) is 11.6. The minimum absolute atomic E-state index is 0.168. The molecule has 19 heavy (non-hydrogen) atoms. The van der Waals surface area contributed by atoms with Crippen LogP contribution in [0.2, 0.25) is 0 Å². The number of hydrogen-bond donors (Lipinski definition) is 1. The Morgan fingerprint density at radius 2 is 2.16 bits per heavy atom. The number of nitrogens with zero attached hydrogens (tertiary/aromatic N) is 2. The van der Waals surface area contributed by atoms with E-state index in [1.54, 1.807) is 24.0 Å². The number of rotatable bonds is 5. The van der Waals surface area contributed by atoms with E-state index in [9.17, 15) is 13.2 Å². The van der Waals surface area contributed by atoms with Gasteiger partial charge in [-0.15, -0.1) is 0 Å². The van der Waals surface area contributed by atoms with Gasteiger partial charge in [0.15, 0.2) is 0 Å². The highest BCUT2D eigenvalue weighted by atomic mass is 32.2. The highest BCUT2D eigenvalue weighted by molar-refractivity contribution is 7.91. The Balaban J connectivity index is 2.14. The average Bonchev–Trinajstić information content (AvgIpc) is 2.95. The van der Waals surface area contributed by atoms with Gasteiger partial charge in [0.2, 0.25) is 20.7 Å². The minimum Gasteiger partial charge on any atom is -0.475 e. The maximum atomic E-state index is 12.0. The van der Waals surface area contributed by atoms with Crippen molar-refractivity contribution in [2.75, 3.05) is 5.75 Å². The number of aryl methyl sites for hydroxylation is 2. The average molecular weight is 284 g/mol. The van der Waals surface area contributed by atoms with Crippen LogP contribution in [0.25, 0.3) is 0 Å². The van der Waals surface area contributed by atoms with Crippen LogP contribution in [0.3, 0.4) is 0 Å². The Bertz CT molecular complexity index is 698. The van der Waals surface area contributed by atoms with Crippen LogP contribution in [-0.2, 0) is 23.3 Å². The predicted octanol–water partition coefficient (Wildman–Crippen LogP) is 0.728. The molecule has 0 atom stereocenters. The van der Waals surface area contributed by atoms with Crippen LogP contribution in [-0.4, -0.2) is 35.0 Å². The van der Waals surface area contributed by atoms with Crippen molar-refractivity contribution in [3.8, 4) is 0 Å². The summed E-state index contributed by atoms with van der Waals surface area (Å²) in [4.78, 5) is 10.6. The number of hydrogen-bond acceptors (Lipinski definition) is 5. The van der Waals surface area contributed by atoms with Gasteiger partial charge < -0.3 is 9.52 Å². The molecule has 0 aliphatic rings. The monoisotopic (exact) mass is 284 g/mol. The van der Waals surface area contributed by atoms with Crippen LogP contribution in [0.1, 0.15) is 16.2 Å². The second kappa shape index (κ2) is 4.88. The Kier molecular flexibility index (Phi) is 3.43. The summed E-state index contributed by atoms with van der Waals surface area (Å²) >= 11 is 0. The van der Waals surface area contributed by atoms with Gasteiger partial charge in [0.25, 0.3) is 0 Å². The van der Waals surface area contributed by atoms with Crippen LogP contribution < -0.4 is 0 Å². The zero-order chi connectivity index (χ0) is 14.0. The largest absolute Gasteiger partial charge is 0.475 e. The fourth-order valence-electron chi connectivity index (χ4n) is 1.59. The first kappa shape index (κ1) is 13.3. The maximum absolute atomic E-state index is 12.0. The molecule has 1 N–H and O–H groups in total. The van der Waals surface area contributed by atoms with Gasteiger partial charge in [-0.1, -0.05) is 0 Å². The van der Waals surface area contributed by atoms with Crippen molar-refractivity contribution in [3.63, 3.8) is 0 Å². The van der Waals surface area contributed by atoms with Gasteiger partial charge in [-0.25, -0.2) is 13.2 Å². The van der Waals surface area contributed by atoms with E-state index in [1.807, 2.05) is 0 Å². The van der Waals surface area contributed by atoms with E-state index in [-0.39, 0.29) is 23.0 Å². The Morgan fingerprint density at radius 1 is 1.42 bits per heavy atom. The van der Waals surface area contributed by atoms with Crippen LogP contribution in [0.4, 0.5) is 0 Å². The molecule has 2 rings (SSSR count). The van der Waals surface area contributed by atoms with Crippen molar-refractivity contribution in [2.45, 2.75) is 11.5 Å². The summed E-state index contributed by atoms with van der Waals surface area (Å²) in [5.41, 5.74) is 0.772. The topological polar surface area (TPSA) is 102 Å². The third-order valence-electron chi connectivity index (χ3n) is 2.65. The molecular formula is C11H12N2O5S. The standard InChI is InChI=1S/C11H12N2O5S/c1-13-8(4-6-12-13)5-7-19(16,17)10-3-2-9(18-10)11(14)15/h2-4,6H,5,7H2,1H3,(H,14,15). The number of aromatic nitrogens is 2. The predicted molar refractivity (Wildman–Crippen MR) is 64.6 cm³/mol. The van der Waals surface area contributed by atoms with Gasteiger partial charge in [0.1, 0.15) is 0 Å². The third kappa shape index (κ3) is 2.84. The van der Waals surface area contributed by atoms with Gasteiger partial charge in [-0.2, -0.15) is 5.10 Å². The summed E-state index contributed by atoms with van der Waals surface area (Å²) in [5, 5.41) is 12.3. The minimum atomic E-state index is -3.64. The quantitative estimate of drug-likeness (QED) is 0.868. The molecule has 2 heterocycles. The van der Waals surface area contributed by atoms with Crippen LogP contribution in [0.15, 0.2) is 33.9 Å². The molecule has 0 fully saturated rings. The van der Waals surface area contributed by atoms with Crippen molar-refractivity contribution in [2.24, 2.45) is 7.05 Å². The molecule has 0 aliphatic carbocycles. The first-order valence-electron chi connectivity index (χ1n) is 5.43. The molecule has 0 aromatic carbocycles. The second-order valence-corrected chi connectivity index (χ2v) is 5.98. The molecule has 2 aromatic rings. The lowest BCUT2D eigenvalue weighted by Gasteiger charge is -2.02. The van der Waals surface area contributed by atoms with Crippen LogP contribution in [0, 0.1) is 0 Å². The smallest absolute Gasteiger partial charge is 0.371 e. The number of carbonyl (C=O) groups is 1. The summed E-state index contributed by atoms with van der Waals surface area (Å²) in [7, 11) is -1.92. The number of furan rings is 1. The molecule has 0 spiro atoms. The van der Waals surface area contributed by atoms with Crippen molar-refractivity contribution in [1.82, 2.24) is 9.78 Å². The first-order valence-corrected chi connectivity index (χ1v) is 7.08. The van der Waals surface area contributed by atoms with Gasteiger partial charge >= 0.3 is 5.97 Å². The molecule has 2 aromatic heterocycles. The van der Waals surface area contributed by atoms with Crippen LogP contribution >= 0.6 is 0 Å². The molecule has 0 saturated carbocycles. The highest BCUT2D eigenvalue weighted by Crippen LogP contribution is 2.16. The van der Waals surface area contributed by atoms with E-state index in [1.165, 1.54) is 0 Å². The fraction of sp³-hybridized carbons (Fsp3) is 0.273. The molecule has 102 valence electrons. The van der Waals surface area contributed by atoms with E-state index >= 15 is 0 Å². The SMILES string of the molecule is Cn1nccc1CCS(=O)(=O)c1ccc(C(=O)O)o1. The lowest BCUT2D eigenvalue weighted by molar-refractivity contribution is 0.0656. The molecule has 7 nitrogen and oxygen atoms in total. The lowest BCUT2D eigenvalue weighted by atomic mass is 10.3. The summed E-state index contributed by atoms with van der Waals surface area (Å²) < 4.78 is 30.3. The second-order valence-electron chi connectivity index (χ2n) is 3.94. The molecule has 0 bridgehead atoms. The van der Waals surface area contributed by atoms with Crippen molar-refractivity contribution >= 4 is 15.8 Å². The maximum Gasteiger partial charge on any atom is 0.371 e. The van der Waals surface area contributed by atoms with Gasteiger partial charge in [-0.05, 0) is 18.2 Å². The number of sulfone groups is 1. The molecule has 8 heteroatoms. The molecule has 0 aliphatic heterocycles. The number of carboxylic acids is 1. The summed E-state index contributed by atoms with van der Waals surface area (Å²) in [6, 6.07) is 4.00. The van der Waals surface area contributed by atoms with E-state index in [2.05, 4.69) is 5.10 Å². The Morgan fingerprint density at radius 3 is 2.68 bits per heavy atom. The van der Waals surface area contributed by atoms with Crippen molar-refractivity contribution < 1.29 is 22.7 Å². The number of aromatic carboxylic acids is 1. The summed E-state index contributed by atoms with van der Waals surface area (Å²) in [6.07, 6.45) is 1.86. The van der Waals surface area contributed by atoms with Gasteiger partial charge in [-0.3, -0.25) is 4.68 Å². The number of carboxylic acid groups (broad SMARTS) is 1. The van der Waals surface area contributed by atoms with E-state index in [4.69, 9.17) is 9.52 Å². The first-order chi connectivity index (χ1) is 8.90. The van der Waals surface area contributed by atoms with Crippen LogP contribution in [0.5, 0.6) is 0 Å². The highest BCUT2D eigenvalue weighted by Gasteiger charge is 2.21. The zero-order valence-electron chi connectivity index (χ0n) is 10.1. The zero-order valence-corrected chi connectivity index (χ0v) is 10.9. The Labute approximate surface area is 109 Å². The summed E-state index contributed by atoms with van der Waals surface area (Å²) in [6.45, 7) is 0. The molecular weight excluding hydrogens is 272 g/mol. The molecule has 0 amide bonds. The van der Waals surface area contributed by atoms with E-state index in [0.29, 0.717) is 0 Å². The van der Waals surface area contributed by atoms with E-state index < -0.39 is 15.8 Å². The molecule has 0 radical (unpaired) electrons. The van der Waals surface area contributed by atoms with E-state index in [0.717, 1.165) is 17.8 Å². The Hall–Kier alpha value is -2.09. The van der Waals surface area contributed by atoms with Crippen molar-refractivity contribution in [3.05, 3.63) is 35.9 Å². The van der Waals surface area contributed by atoms with Gasteiger partial charge in [0.05, 0.1) is 5.75 Å². The van der Waals surface area contributed by atoms with Crippen molar-refractivity contribution in [1.29, 1.82) is 0 Å². The van der Waals surface area contributed by atoms with Gasteiger partial charge in [0, 0.05) is 25.4 Å². The molecule has 0 saturated heterocycles. The molecule has 0 unspecified atom stereocenters.